The van der Waals surface area contributed by atoms with Gasteiger partial charge >= 0.3 is 0 Å². The number of benzene rings is 2. The van der Waals surface area contributed by atoms with Gasteiger partial charge in [-0.3, -0.25) is 4.79 Å². The zero-order valence-electron chi connectivity index (χ0n) is 16.4. The second kappa shape index (κ2) is 7.97. The summed E-state index contributed by atoms with van der Waals surface area (Å²) in [6, 6.07) is 16.3. The zero-order valence-corrected chi connectivity index (χ0v) is 16.4. The summed E-state index contributed by atoms with van der Waals surface area (Å²) in [5.74, 6) is 1.73. The van der Waals surface area contributed by atoms with Crippen molar-refractivity contribution in [1.29, 1.82) is 0 Å². The number of fused-ring (bicyclic) bond motifs is 1. The number of carbonyl (C=O) groups is 1. The van der Waals surface area contributed by atoms with Crippen molar-refractivity contribution in [2.45, 2.75) is 31.8 Å². The fourth-order valence-electron chi connectivity index (χ4n) is 4.18. The molecule has 4 rings (SSSR count). The number of methoxy groups -OCH3 is 2. The van der Waals surface area contributed by atoms with Crippen molar-refractivity contribution in [3.8, 4) is 11.5 Å². The molecule has 1 aliphatic heterocycles. The number of para-hydroxylation sites is 1. The molecule has 0 bridgehead atoms. The summed E-state index contributed by atoms with van der Waals surface area (Å²) in [7, 11) is 3.31. The van der Waals surface area contributed by atoms with Crippen LogP contribution >= 0.6 is 0 Å². The summed E-state index contributed by atoms with van der Waals surface area (Å²) in [6.45, 7) is 1.49. The normalized spacial score (nSPS) is 16.5. The minimum absolute atomic E-state index is 0.0646. The SMILES string of the molecule is COc1ccc([C@@H]2CCCN2C(=O)CCn2ccc3ccccc32)c(OC)c1. The number of hydrogen-bond donors (Lipinski definition) is 0. The van der Waals surface area contributed by atoms with Gasteiger partial charge in [0.25, 0.3) is 0 Å². The Morgan fingerprint density at radius 1 is 1.11 bits per heavy atom. The minimum Gasteiger partial charge on any atom is -0.497 e. The molecule has 1 fully saturated rings. The summed E-state index contributed by atoms with van der Waals surface area (Å²) >= 11 is 0. The molecule has 1 aliphatic rings. The third-order valence-corrected chi connectivity index (χ3v) is 5.62. The van der Waals surface area contributed by atoms with E-state index in [4.69, 9.17) is 9.47 Å². The highest BCUT2D eigenvalue weighted by molar-refractivity contribution is 5.81. The third kappa shape index (κ3) is 3.44. The van der Waals surface area contributed by atoms with Crippen molar-refractivity contribution in [2.24, 2.45) is 0 Å². The molecular formula is C23H26N2O3. The highest BCUT2D eigenvalue weighted by Crippen LogP contribution is 2.39. The van der Waals surface area contributed by atoms with Crippen LogP contribution in [-0.4, -0.2) is 36.1 Å². The van der Waals surface area contributed by atoms with E-state index in [1.54, 1.807) is 14.2 Å². The van der Waals surface area contributed by atoms with Crippen LogP contribution in [0.5, 0.6) is 11.5 Å². The van der Waals surface area contributed by atoms with Gasteiger partial charge in [-0.25, -0.2) is 0 Å². The number of nitrogens with zero attached hydrogens (tertiary/aromatic N) is 2. The number of carbonyl (C=O) groups excluding carboxylic acids is 1. The molecule has 0 spiro atoms. The molecule has 2 heterocycles. The summed E-state index contributed by atoms with van der Waals surface area (Å²) in [5.41, 5.74) is 2.23. The molecule has 3 aromatic rings. The first kappa shape index (κ1) is 18.4. The summed E-state index contributed by atoms with van der Waals surface area (Å²) in [6.07, 6.45) is 4.53. The van der Waals surface area contributed by atoms with Gasteiger partial charge in [0, 0.05) is 42.9 Å². The first-order chi connectivity index (χ1) is 13.7. The number of likely N-dealkylation sites (tertiary alicyclic amines) is 1. The fourth-order valence-corrected chi connectivity index (χ4v) is 4.18. The summed E-state index contributed by atoms with van der Waals surface area (Å²) in [4.78, 5) is 15.0. The molecule has 0 unspecified atom stereocenters. The van der Waals surface area contributed by atoms with Crippen LogP contribution in [0.4, 0.5) is 0 Å². The predicted octanol–water partition coefficient (Wildman–Crippen LogP) is 4.41. The Balaban J connectivity index is 1.49. The van der Waals surface area contributed by atoms with E-state index < -0.39 is 0 Å². The Bertz CT molecular complexity index is 979. The maximum absolute atomic E-state index is 13.0. The molecule has 1 saturated heterocycles. The second-order valence-electron chi connectivity index (χ2n) is 7.17. The van der Waals surface area contributed by atoms with Crippen molar-refractivity contribution in [3.63, 3.8) is 0 Å². The van der Waals surface area contributed by atoms with Crippen LogP contribution in [0.25, 0.3) is 10.9 Å². The van der Waals surface area contributed by atoms with Gasteiger partial charge in [-0.1, -0.05) is 18.2 Å². The van der Waals surface area contributed by atoms with Crippen LogP contribution in [0.3, 0.4) is 0 Å². The lowest BCUT2D eigenvalue weighted by Gasteiger charge is -2.27. The Kier molecular flexibility index (Phi) is 5.24. The first-order valence-electron chi connectivity index (χ1n) is 9.76. The molecule has 28 heavy (non-hydrogen) atoms. The number of amides is 1. The Labute approximate surface area is 165 Å². The predicted molar refractivity (Wildman–Crippen MR) is 110 cm³/mol. The van der Waals surface area contributed by atoms with Gasteiger partial charge in [0.15, 0.2) is 0 Å². The minimum atomic E-state index is 0.0646. The topological polar surface area (TPSA) is 43.7 Å². The Morgan fingerprint density at radius 2 is 1.96 bits per heavy atom. The zero-order chi connectivity index (χ0) is 19.5. The molecule has 5 heteroatoms. The van der Waals surface area contributed by atoms with Gasteiger partial charge in [0.1, 0.15) is 11.5 Å². The average Bonchev–Trinajstić information content (AvgIpc) is 3.38. The van der Waals surface area contributed by atoms with E-state index in [1.165, 1.54) is 10.9 Å². The van der Waals surface area contributed by atoms with E-state index in [0.717, 1.165) is 36.4 Å². The molecule has 0 radical (unpaired) electrons. The van der Waals surface area contributed by atoms with Crippen LogP contribution < -0.4 is 9.47 Å². The molecular weight excluding hydrogens is 352 g/mol. The Morgan fingerprint density at radius 3 is 2.79 bits per heavy atom. The molecule has 146 valence electrons. The number of aryl methyl sites for hydroxylation is 1. The third-order valence-electron chi connectivity index (χ3n) is 5.62. The van der Waals surface area contributed by atoms with Crippen molar-refractivity contribution in [3.05, 3.63) is 60.3 Å². The summed E-state index contributed by atoms with van der Waals surface area (Å²) in [5, 5.41) is 1.21. The van der Waals surface area contributed by atoms with E-state index >= 15 is 0 Å². The van der Waals surface area contributed by atoms with E-state index in [1.807, 2.05) is 35.2 Å². The lowest BCUT2D eigenvalue weighted by Crippen LogP contribution is -2.31. The van der Waals surface area contributed by atoms with Crippen LogP contribution in [-0.2, 0) is 11.3 Å². The number of aromatic nitrogens is 1. The van der Waals surface area contributed by atoms with E-state index in [9.17, 15) is 4.79 Å². The largest absolute Gasteiger partial charge is 0.497 e. The van der Waals surface area contributed by atoms with Crippen molar-refractivity contribution in [2.75, 3.05) is 20.8 Å². The van der Waals surface area contributed by atoms with E-state index in [2.05, 4.69) is 29.0 Å². The highest BCUT2D eigenvalue weighted by atomic mass is 16.5. The van der Waals surface area contributed by atoms with Gasteiger partial charge in [0.05, 0.1) is 20.3 Å². The maximum atomic E-state index is 13.0. The fraction of sp³-hybridized carbons (Fsp3) is 0.348. The molecule has 0 aliphatic carbocycles. The molecule has 5 nitrogen and oxygen atoms in total. The summed E-state index contributed by atoms with van der Waals surface area (Å²) < 4.78 is 13.0. The van der Waals surface area contributed by atoms with E-state index in [0.29, 0.717) is 13.0 Å². The number of ether oxygens (including phenoxy) is 2. The highest BCUT2D eigenvalue weighted by Gasteiger charge is 2.31. The van der Waals surface area contributed by atoms with Crippen molar-refractivity contribution in [1.82, 2.24) is 9.47 Å². The monoisotopic (exact) mass is 378 g/mol. The first-order valence-corrected chi connectivity index (χ1v) is 9.76. The molecule has 0 N–H and O–H groups in total. The maximum Gasteiger partial charge on any atom is 0.224 e. The lowest BCUT2D eigenvalue weighted by molar-refractivity contribution is -0.132. The van der Waals surface area contributed by atoms with Gasteiger partial charge in [-0.05, 0) is 42.5 Å². The standard InChI is InChI=1S/C23H26N2O3/c1-27-18-9-10-19(22(16-18)28-2)21-8-5-13-25(21)23(26)12-15-24-14-11-17-6-3-4-7-20(17)24/h3-4,6-7,9-11,14,16,21H,5,8,12-13,15H2,1-2H3/t21-/m0/s1. The van der Waals surface area contributed by atoms with Crippen LogP contribution in [0.2, 0.25) is 0 Å². The molecule has 2 aromatic carbocycles. The van der Waals surface area contributed by atoms with Crippen molar-refractivity contribution < 1.29 is 14.3 Å². The average molecular weight is 378 g/mol. The smallest absolute Gasteiger partial charge is 0.224 e. The van der Waals surface area contributed by atoms with Gasteiger partial charge in [-0.15, -0.1) is 0 Å². The van der Waals surface area contributed by atoms with Crippen molar-refractivity contribution >= 4 is 16.8 Å². The molecule has 0 saturated carbocycles. The molecule has 1 atom stereocenters. The second-order valence-corrected chi connectivity index (χ2v) is 7.17. The van der Waals surface area contributed by atoms with Crippen LogP contribution in [0.15, 0.2) is 54.7 Å². The molecule has 1 aromatic heterocycles. The number of hydrogen-bond acceptors (Lipinski definition) is 3. The Hall–Kier alpha value is -2.95. The van der Waals surface area contributed by atoms with E-state index in [-0.39, 0.29) is 11.9 Å². The quantitative estimate of drug-likeness (QED) is 0.638. The number of rotatable bonds is 6. The molecule has 1 amide bonds. The van der Waals surface area contributed by atoms with Gasteiger partial charge in [0.2, 0.25) is 5.91 Å². The van der Waals surface area contributed by atoms with Crippen LogP contribution in [0.1, 0.15) is 30.9 Å². The lowest BCUT2D eigenvalue weighted by atomic mass is 10.0. The van der Waals surface area contributed by atoms with Gasteiger partial charge in [-0.2, -0.15) is 0 Å². The van der Waals surface area contributed by atoms with Gasteiger partial charge < -0.3 is 18.9 Å². The van der Waals surface area contributed by atoms with Crippen LogP contribution in [0, 0.1) is 0 Å².